The molecule has 0 aromatic carbocycles. The van der Waals surface area contributed by atoms with Gasteiger partial charge in [-0.05, 0) is 5.92 Å². The topological polar surface area (TPSA) is 0 Å². The second-order valence-corrected chi connectivity index (χ2v) is 2.47. The van der Waals surface area contributed by atoms with Crippen molar-refractivity contribution in [3.63, 3.8) is 0 Å². The normalized spacial score (nSPS) is 8.40. The number of hydrogen-bond donors (Lipinski definition) is 0. The first-order valence-corrected chi connectivity index (χ1v) is 3.85. The smallest absolute Gasteiger partial charge is 0.0420 e. The van der Waals surface area contributed by atoms with Gasteiger partial charge in [0.25, 0.3) is 0 Å². The first-order chi connectivity index (χ1) is 3.85. The molecule has 0 aromatic rings. The molecule has 0 aliphatic carbocycles. The zero-order chi connectivity index (χ0) is 6.41. The average molecular weight is 146 g/mol. The zero-order valence-corrected chi connectivity index (χ0v) is 6.41. The molecule has 0 amide bonds. The van der Waals surface area contributed by atoms with Crippen LogP contribution < -0.4 is 0 Å². The van der Waals surface area contributed by atoms with Crippen molar-refractivity contribution in [3.05, 3.63) is 0 Å². The van der Waals surface area contributed by atoms with Crippen LogP contribution in [0.2, 0.25) is 0 Å². The Morgan fingerprint density at radius 1 is 0.900 bits per heavy atom. The summed E-state index contributed by atoms with van der Waals surface area (Å²) < 4.78 is 0. The minimum atomic E-state index is 0. The average Bonchev–Trinajstić information content (AvgIpc) is 1.83. The second kappa shape index (κ2) is 11.8. The van der Waals surface area contributed by atoms with E-state index in [4.69, 9.17) is 0 Å². The van der Waals surface area contributed by atoms with Crippen LogP contribution in [0.5, 0.6) is 0 Å². The van der Waals surface area contributed by atoms with Gasteiger partial charge in [-0.25, -0.2) is 0 Å². The van der Waals surface area contributed by atoms with Crippen LogP contribution in [0.25, 0.3) is 0 Å². The van der Waals surface area contributed by atoms with E-state index in [1.165, 1.54) is 25.7 Å². The Bertz CT molecular complexity index is 35.3. The minimum absolute atomic E-state index is 0. The van der Waals surface area contributed by atoms with Crippen LogP contribution in [0.4, 0.5) is 0 Å². The van der Waals surface area contributed by atoms with Crippen LogP contribution in [-0.2, 0) is 0 Å². The fourth-order valence-corrected chi connectivity index (χ4v) is 1.11. The van der Waals surface area contributed by atoms with E-state index in [9.17, 15) is 0 Å². The lowest BCUT2D eigenvalue weighted by Crippen LogP contribution is -1.94. The molecule has 10 heavy (non-hydrogen) atoms. The van der Waals surface area contributed by atoms with Gasteiger partial charge >= 0.3 is 0 Å². The monoisotopic (exact) mass is 146 g/mol. The van der Waals surface area contributed by atoms with Gasteiger partial charge in [-0.1, -0.05) is 61.3 Å². The largest absolute Gasteiger partial charge is 0.0776 e. The lowest BCUT2D eigenvalue weighted by Gasteiger charge is -2.08. The van der Waals surface area contributed by atoms with Crippen LogP contribution in [0.15, 0.2) is 0 Å². The molecule has 0 heterocycles. The molecule has 0 heteroatoms. The van der Waals surface area contributed by atoms with Crippen molar-refractivity contribution < 1.29 is 0 Å². The molecular formula is C10H26. The Morgan fingerprint density at radius 2 is 1.30 bits per heavy atom. The Morgan fingerprint density at radius 3 is 1.40 bits per heavy atom. The van der Waals surface area contributed by atoms with E-state index in [0.717, 1.165) is 5.92 Å². The summed E-state index contributed by atoms with van der Waals surface area (Å²) in [6, 6.07) is 0. The summed E-state index contributed by atoms with van der Waals surface area (Å²) in [5.74, 6) is 1.000. The summed E-state index contributed by atoms with van der Waals surface area (Å²) in [5.41, 5.74) is 0. The predicted molar refractivity (Wildman–Crippen MR) is 52.4 cm³/mol. The second-order valence-electron chi connectivity index (χ2n) is 2.47. The van der Waals surface area contributed by atoms with E-state index >= 15 is 0 Å². The van der Waals surface area contributed by atoms with Crippen molar-refractivity contribution >= 4 is 0 Å². The van der Waals surface area contributed by atoms with Gasteiger partial charge in [0.1, 0.15) is 0 Å². The standard InChI is InChI=1S/C8H18.2CH4/c1-4-7-8(5-2)6-3;;/h8H,4-7H2,1-3H3;2*1H4. The maximum absolute atomic E-state index is 2.28. The maximum Gasteiger partial charge on any atom is -0.0420 e. The summed E-state index contributed by atoms with van der Waals surface area (Å²) in [7, 11) is 0. The van der Waals surface area contributed by atoms with E-state index in [1.54, 1.807) is 0 Å². The highest BCUT2D eigenvalue weighted by atomic mass is 14.0. The molecule has 0 aromatic heterocycles. The summed E-state index contributed by atoms with van der Waals surface area (Å²) in [6.45, 7) is 6.83. The van der Waals surface area contributed by atoms with Crippen molar-refractivity contribution in [3.8, 4) is 0 Å². The third-order valence-corrected chi connectivity index (χ3v) is 1.85. The highest BCUT2D eigenvalue weighted by molar-refractivity contribution is 4.51. The van der Waals surface area contributed by atoms with E-state index in [1.807, 2.05) is 0 Å². The third-order valence-electron chi connectivity index (χ3n) is 1.85. The quantitative estimate of drug-likeness (QED) is 0.548. The van der Waals surface area contributed by atoms with Crippen LogP contribution in [0, 0.1) is 5.92 Å². The van der Waals surface area contributed by atoms with Gasteiger partial charge in [0, 0.05) is 0 Å². The molecule has 0 saturated heterocycles. The molecule has 0 nitrogen and oxygen atoms in total. The fourth-order valence-electron chi connectivity index (χ4n) is 1.11. The van der Waals surface area contributed by atoms with Crippen molar-refractivity contribution in [1.29, 1.82) is 0 Å². The summed E-state index contributed by atoms with van der Waals surface area (Å²) in [4.78, 5) is 0. The minimum Gasteiger partial charge on any atom is -0.0776 e. The SMILES string of the molecule is C.C.CCCC(CC)CC. The number of hydrogen-bond acceptors (Lipinski definition) is 0. The van der Waals surface area contributed by atoms with Crippen LogP contribution in [0.3, 0.4) is 0 Å². The molecule has 0 saturated carbocycles. The fraction of sp³-hybridized carbons (Fsp3) is 1.00. The molecule has 0 rings (SSSR count). The van der Waals surface area contributed by atoms with Crippen LogP contribution in [-0.4, -0.2) is 0 Å². The van der Waals surface area contributed by atoms with Gasteiger partial charge in [-0.2, -0.15) is 0 Å². The molecule has 0 N–H and O–H groups in total. The highest BCUT2D eigenvalue weighted by Gasteiger charge is 1.98. The van der Waals surface area contributed by atoms with Crippen molar-refractivity contribution in [1.82, 2.24) is 0 Å². The van der Waals surface area contributed by atoms with Gasteiger partial charge in [0.05, 0.1) is 0 Å². The van der Waals surface area contributed by atoms with Gasteiger partial charge in [-0.3, -0.25) is 0 Å². The zero-order valence-electron chi connectivity index (χ0n) is 6.41. The van der Waals surface area contributed by atoms with E-state index < -0.39 is 0 Å². The third kappa shape index (κ3) is 8.00. The molecule has 0 atom stereocenters. The summed E-state index contributed by atoms with van der Waals surface area (Å²) in [5, 5.41) is 0. The molecule has 0 spiro atoms. The Balaban J connectivity index is -0.000000245. The Labute approximate surface area is 68.0 Å². The molecule has 0 fully saturated rings. The van der Waals surface area contributed by atoms with E-state index in [2.05, 4.69) is 20.8 Å². The summed E-state index contributed by atoms with van der Waals surface area (Å²) >= 11 is 0. The first-order valence-electron chi connectivity index (χ1n) is 3.85. The Hall–Kier alpha value is 0. The molecule has 66 valence electrons. The van der Waals surface area contributed by atoms with Crippen molar-refractivity contribution in [2.45, 2.75) is 61.3 Å². The van der Waals surface area contributed by atoms with E-state index in [-0.39, 0.29) is 14.9 Å². The Kier molecular flexibility index (Phi) is 19.4. The van der Waals surface area contributed by atoms with Gasteiger partial charge in [0.2, 0.25) is 0 Å². The maximum atomic E-state index is 2.28. The lowest BCUT2D eigenvalue weighted by molar-refractivity contribution is 0.451. The first kappa shape index (κ1) is 16.5. The van der Waals surface area contributed by atoms with Crippen molar-refractivity contribution in [2.24, 2.45) is 5.92 Å². The molecule has 0 radical (unpaired) electrons. The molecule has 0 aliphatic heterocycles. The molecule has 0 unspecified atom stereocenters. The van der Waals surface area contributed by atoms with Gasteiger partial charge < -0.3 is 0 Å². The highest BCUT2D eigenvalue weighted by Crippen LogP contribution is 2.13. The lowest BCUT2D eigenvalue weighted by atomic mass is 9.98. The number of rotatable bonds is 4. The molecule has 0 bridgehead atoms. The predicted octanol–water partition coefficient (Wildman–Crippen LogP) is 4.49. The van der Waals surface area contributed by atoms with Crippen molar-refractivity contribution in [2.75, 3.05) is 0 Å². The van der Waals surface area contributed by atoms with Gasteiger partial charge in [0.15, 0.2) is 0 Å². The molecular weight excluding hydrogens is 120 g/mol. The molecule has 0 aliphatic rings. The summed E-state index contributed by atoms with van der Waals surface area (Å²) in [6.07, 6.45) is 5.51. The van der Waals surface area contributed by atoms with Crippen LogP contribution >= 0.6 is 0 Å². The van der Waals surface area contributed by atoms with Crippen LogP contribution in [0.1, 0.15) is 61.3 Å². The van der Waals surface area contributed by atoms with Gasteiger partial charge in [-0.15, -0.1) is 0 Å². The van der Waals surface area contributed by atoms with E-state index in [0.29, 0.717) is 0 Å².